The highest BCUT2D eigenvalue weighted by atomic mass is 127. The molecule has 164 valence electrons. The zero-order valence-electron chi connectivity index (χ0n) is 17.3. The Bertz CT molecular complexity index is 665. The SMILES string of the molecule is CCNC(=NCC1(c2cc(Cl)ccc2OC)CCOCC1)NCC1CCCS1.I. The van der Waals surface area contributed by atoms with Crippen LogP contribution in [-0.2, 0) is 10.2 Å². The number of aliphatic imine (C=N–C) groups is 1. The van der Waals surface area contributed by atoms with Gasteiger partial charge in [0.1, 0.15) is 5.75 Å². The molecule has 0 aromatic heterocycles. The molecule has 3 rings (SSSR count). The summed E-state index contributed by atoms with van der Waals surface area (Å²) in [5.74, 6) is 3.04. The Balaban J connectivity index is 0.00000300. The lowest BCUT2D eigenvalue weighted by Crippen LogP contribution is -2.43. The van der Waals surface area contributed by atoms with E-state index < -0.39 is 0 Å². The average Bonchev–Trinajstić information content (AvgIpc) is 3.24. The minimum absolute atomic E-state index is 0. The van der Waals surface area contributed by atoms with Gasteiger partial charge in [-0.1, -0.05) is 11.6 Å². The summed E-state index contributed by atoms with van der Waals surface area (Å²) < 4.78 is 11.3. The Labute approximate surface area is 201 Å². The summed E-state index contributed by atoms with van der Waals surface area (Å²) in [5, 5.41) is 8.36. The fraction of sp³-hybridized carbons (Fsp3) is 0.667. The van der Waals surface area contributed by atoms with E-state index in [1.165, 1.54) is 18.6 Å². The van der Waals surface area contributed by atoms with Gasteiger partial charge in [-0.3, -0.25) is 4.99 Å². The van der Waals surface area contributed by atoms with Crippen molar-refractivity contribution in [2.24, 2.45) is 4.99 Å². The molecule has 2 aliphatic heterocycles. The lowest BCUT2D eigenvalue weighted by Gasteiger charge is -2.37. The maximum atomic E-state index is 6.34. The third-order valence-corrected chi connectivity index (χ3v) is 7.22. The number of halogens is 2. The number of nitrogens with one attached hydrogen (secondary N) is 2. The van der Waals surface area contributed by atoms with E-state index in [1.54, 1.807) is 7.11 Å². The van der Waals surface area contributed by atoms with Crippen molar-refractivity contribution in [3.8, 4) is 5.75 Å². The molecule has 2 saturated heterocycles. The number of ether oxygens (including phenoxy) is 2. The molecule has 0 bridgehead atoms. The van der Waals surface area contributed by atoms with Crippen LogP contribution in [0.2, 0.25) is 5.02 Å². The second-order valence-corrected chi connectivity index (χ2v) is 9.29. The Morgan fingerprint density at radius 1 is 1.34 bits per heavy atom. The summed E-state index contributed by atoms with van der Waals surface area (Å²) in [5.41, 5.74) is 1.01. The van der Waals surface area contributed by atoms with Crippen LogP contribution in [0, 0.1) is 0 Å². The Hall–Kier alpha value is -0.380. The third-order valence-electron chi connectivity index (χ3n) is 5.59. The van der Waals surface area contributed by atoms with Crippen LogP contribution in [0.15, 0.2) is 23.2 Å². The molecule has 0 saturated carbocycles. The molecule has 1 unspecified atom stereocenters. The number of guanidine groups is 1. The molecule has 1 aromatic carbocycles. The van der Waals surface area contributed by atoms with Gasteiger partial charge < -0.3 is 20.1 Å². The number of thioether (sulfide) groups is 1. The van der Waals surface area contributed by atoms with E-state index in [0.29, 0.717) is 11.8 Å². The van der Waals surface area contributed by atoms with E-state index in [-0.39, 0.29) is 29.4 Å². The molecular formula is C21H33ClIN3O2S. The topological polar surface area (TPSA) is 54.9 Å². The lowest BCUT2D eigenvalue weighted by atomic mass is 9.73. The van der Waals surface area contributed by atoms with Crippen LogP contribution >= 0.6 is 47.3 Å². The van der Waals surface area contributed by atoms with Gasteiger partial charge in [0.25, 0.3) is 0 Å². The molecule has 2 N–H and O–H groups in total. The first-order valence-electron chi connectivity index (χ1n) is 10.2. The van der Waals surface area contributed by atoms with E-state index in [1.807, 2.05) is 18.2 Å². The Kier molecular flexibility index (Phi) is 10.7. The van der Waals surface area contributed by atoms with Gasteiger partial charge in [-0.25, -0.2) is 0 Å². The zero-order valence-corrected chi connectivity index (χ0v) is 21.2. The van der Waals surface area contributed by atoms with Gasteiger partial charge in [-0.2, -0.15) is 11.8 Å². The van der Waals surface area contributed by atoms with Crippen LogP contribution in [0.1, 0.15) is 38.2 Å². The molecule has 1 aromatic rings. The predicted molar refractivity (Wildman–Crippen MR) is 135 cm³/mol. The fourth-order valence-electron chi connectivity index (χ4n) is 3.96. The van der Waals surface area contributed by atoms with E-state index >= 15 is 0 Å². The maximum absolute atomic E-state index is 6.34. The molecule has 29 heavy (non-hydrogen) atoms. The zero-order chi connectivity index (χ0) is 19.8. The van der Waals surface area contributed by atoms with Crippen molar-refractivity contribution in [2.75, 3.05) is 45.7 Å². The Morgan fingerprint density at radius 2 is 2.14 bits per heavy atom. The van der Waals surface area contributed by atoms with Gasteiger partial charge in [0, 0.05) is 47.6 Å². The van der Waals surface area contributed by atoms with Gasteiger partial charge in [0.15, 0.2) is 5.96 Å². The molecule has 0 spiro atoms. The first-order chi connectivity index (χ1) is 13.7. The van der Waals surface area contributed by atoms with E-state index in [4.69, 9.17) is 26.1 Å². The average molecular weight is 554 g/mol. The molecule has 5 nitrogen and oxygen atoms in total. The van der Waals surface area contributed by atoms with Crippen molar-refractivity contribution < 1.29 is 9.47 Å². The van der Waals surface area contributed by atoms with Gasteiger partial charge in [0.2, 0.25) is 0 Å². The molecule has 0 aliphatic carbocycles. The number of hydrogen-bond donors (Lipinski definition) is 2. The van der Waals surface area contributed by atoms with Crippen LogP contribution in [0.3, 0.4) is 0 Å². The lowest BCUT2D eigenvalue weighted by molar-refractivity contribution is 0.0523. The van der Waals surface area contributed by atoms with Gasteiger partial charge in [-0.15, -0.1) is 24.0 Å². The van der Waals surface area contributed by atoms with Crippen molar-refractivity contribution in [3.63, 3.8) is 0 Å². The largest absolute Gasteiger partial charge is 0.496 e. The first-order valence-corrected chi connectivity index (χ1v) is 11.6. The van der Waals surface area contributed by atoms with Crippen molar-refractivity contribution in [2.45, 2.75) is 43.3 Å². The van der Waals surface area contributed by atoms with E-state index in [9.17, 15) is 0 Å². The summed E-state index contributed by atoms with van der Waals surface area (Å²) in [6.07, 6.45) is 4.43. The van der Waals surface area contributed by atoms with Gasteiger partial charge in [0.05, 0.1) is 13.7 Å². The predicted octanol–water partition coefficient (Wildman–Crippen LogP) is 4.47. The minimum Gasteiger partial charge on any atom is -0.496 e. The highest BCUT2D eigenvalue weighted by Crippen LogP contribution is 2.41. The summed E-state index contributed by atoms with van der Waals surface area (Å²) in [6.45, 7) is 6.06. The molecule has 0 radical (unpaired) electrons. The standard InChI is InChI=1S/C21H32ClN3O2S.HI/c1-3-23-20(24-14-17-5-4-12-28-17)25-15-21(8-10-27-11-9-21)18-13-16(22)6-7-19(18)26-2;/h6-7,13,17H,3-5,8-12,14-15H2,1-2H3,(H2,23,24,25);1H. The molecular weight excluding hydrogens is 521 g/mol. The van der Waals surface area contributed by atoms with Crippen LogP contribution in [0.4, 0.5) is 0 Å². The van der Waals surface area contributed by atoms with Gasteiger partial charge >= 0.3 is 0 Å². The first kappa shape index (κ1) is 24.9. The van der Waals surface area contributed by atoms with Crippen LogP contribution in [-0.4, -0.2) is 56.9 Å². The number of rotatable bonds is 7. The van der Waals surface area contributed by atoms with Gasteiger partial charge in [-0.05, 0) is 56.6 Å². The van der Waals surface area contributed by atoms with Crippen molar-refractivity contribution in [1.29, 1.82) is 0 Å². The number of methoxy groups -OCH3 is 1. The molecule has 8 heteroatoms. The van der Waals surface area contributed by atoms with Crippen molar-refractivity contribution in [3.05, 3.63) is 28.8 Å². The monoisotopic (exact) mass is 553 g/mol. The van der Waals surface area contributed by atoms with Crippen LogP contribution in [0.5, 0.6) is 5.75 Å². The van der Waals surface area contributed by atoms with E-state index in [2.05, 4.69) is 29.3 Å². The van der Waals surface area contributed by atoms with Crippen molar-refractivity contribution >= 4 is 53.3 Å². The number of nitrogens with zero attached hydrogens (tertiary/aromatic N) is 1. The quantitative estimate of drug-likeness (QED) is 0.297. The fourth-order valence-corrected chi connectivity index (χ4v) is 5.33. The van der Waals surface area contributed by atoms with Crippen LogP contribution < -0.4 is 15.4 Å². The summed E-state index contributed by atoms with van der Waals surface area (Å²) in [6, 6.07) is 5.88. The highest BCUT2D eigenvalue weighted by molar-refractivity contribution is 14.0. The highest BCUT2D eigenvalue weighted by Gasteiger charge is 2.37. The summed E-state index contributed by atoms with van der Waals surface area (Å²) in [4.78, 5) is 4.98. The molecule has 1 atom stereocenters. The molecule has 2 aliphatic rings. The third kappa shape index (κ3) is 6.80. The van der Waals surface area contributed by atoms with Crippen LogP contribution in [0.25, 0.3) is 0 Å². The Morgan fingerprint density at radius 3 is 2.79 bits per heavy atom. The normalized spacial score (nSPS) is 21.3. The van der Waals surface area contributed by atoms with Crippen molar-refractivity contribution in [1.82, 2.24) is 10.6 Å². The minimum atomic E-state index is -0.126. The maximum Gasteiger partial charge on any atom is 0.191 e. The molecule has 0 amide bonds. The smallest absolute Gasteiger partial charge is 0.191 e. The number of hydrogen-bond acceptors (Lipinski definition) is 4. The number of benzene rings is 1. The molecule has 2 fully saturated rings. The second-order valence-electron chi connectivity index (χ2n) is 7.45. The summed E-state index contributed by atoms with van der Waals surface area (Å²) >= 11 is 8.40. The van der Waals surface area contributed by atoms with E-state index in [0.717, 1.165) is 61.4 Å². The second kappa shape index (κ2) is 12.5. The summed E-state index contributed by atoms with van der Waals surface area (Å²) in [7, 11) is 1.72. The molecule has 2 heterocycles.